The van der Waals surface area contributed by atoms with Crippen LogP contribution in [-0.4, -0.2) is 5.91 Å². The van der Waals surface area contributed by atoms with E-state index in [1.807, 2.05) is 13.0 Å². The van der Waals surface area contributed by atoms with Crippen molar-refractivity contribution in [3.63, 3.8) is 0 Å². The number of hydrogen-bond acceptors (Lipinski definition) is 3. The third-order valence-electron chi connectivity index (χ3n) is 4.30. The highest BCUT2D eigenvalue weighted by Crippen LogP contribution is 2.21. The Kier molecular flexibility index (Phi) is 6.84. The molecule has 1 amide bonds. The summed E-state index contributed by atoms with van der Waals surface area (Å²) in [6, 6.07) is 20.2. The number of carbonyl (C=O) groups excluding carboxylic acids is 1. The van der Waals surface area contributed by atoms with Crippen molar-refractivity contribution >= 4 is 29.3 Å². The SMILES string of the molecule is Cc1ccc(Cl)cc1NC(=O)/C(C#N)=C/c1ccc(OCc2cccc(F)c2)cc1. The molecule has 6 heteroatoms. The van der Waals surface area contributed by atoms with E-state index in [4.69, 9.17) is 16.3 Å². The van der Waals surface area contributed by atoms with Crippen molar-refractivity contribution in [1.82, 2.24) is 0 Å². The fraction of sp³-hybridized carbons (Fsp3) is 0.0833. The van der Waals surface area contributed by atoms with E-state index >= 15 is 0 Å². The van der Waals surface area contributed by atoms with Crippen molar-refractivity contribution in [2.24, 2.45) is 0 Å². The van der Waals surface area contributed by atoms with Crippen LogP contribution in [0.15, 0.2) is 72.3 Å². The maximum Gasteiger partial charge on any atom is 0.266 e. The Balaban J connectivity index is 1.67. The molecule has 0 saturated carbocycles. The van der Waals surface area contributed by atoms with Gasteiger partial charge in [0, 0.05) is 10.7 Å². The highest BCUT2D eigenvalue weighted by Gasteiger charge is 2.11. The van der Waals surface area contributed by atoms with Crippen LogP contribution in [0.3, 0.4) is 0 Å². The number of rotatable bonds is 6. The van der Waals surface area contributed by atoms with Crippen molar-refractivity contribution in [3.8, 4) is 11.8 Å². The van der Waals surface area contributed by atoms with E-state index in [0.717, 1.165) is 11.1 Å². The quantitative estimate of drug-likeness (QED) is 0.398. The lowest BCUT2D eigenvalue weighted by Crippen LogP contribution is -2.14. The molecule has 0 aliphatic heterocycles. The van der Waals surface area contributed by atoms with Gasteiger partial charge in [-0.15, -0.1) is 0 Å². The molecule has 0 atom stereocenters. The Hall–Kier alpha value is -3.62. The van der Waals surface area contributed by atoms with Gasteiger partial charge in [0.15, 0.2) is 0 Å². The zero-order valence-corrected chi connectivity index (χ0v) is 16.9. The van der Waals surface area contributed by atoms with E-state index < -0.39 is 5.91 Å². The van der Waals surface area contributed by atoms with E-state index in [1.165, 1.54) is 18.2 Å². The number of nitriles is 1. The number of carbonyl (C=O) groups is 1. The van der Waals surface area contributed by atoms with Gasteiger partial charge in [-0.1, -0.05) is 41.9 Å². The van der Waals surface area contributed by atoms with Gasteiger partial charge in [-0.25, -0.2) is 4.39 Å². The minimum absolute atomic E-state index is 0.0391. The van der Waals surface area contributed by atoms with Crippen LogP contribution >= 0.6 is 11.6 Å². The van der Waals surface area contributed by atoms with E-state index in [0.29, 0.717) is 22.0 Å². The fourth-order valence-electron chi connectivity index (χ4n) is 2.69. The number of nitrogens with one attached hydrogen (secondary N) is 1. The largest absolute Gasteiger partial charge is 0.489 e. The third kappa shape index (κ3) is 5.69. The molecule has 3 rings (SSSR count). The van der Waals surface area contributed by atoms with Crippen molar-refractivity contribution in [3.05, 3.63) is 99.8 Å². The number of anilines is 1. The second-order valence-electron chi connectivity index (χ2n) is 6.57. The maximum atomic E-state index is 13.2. The first-order chi connectivity index (χ1) is 14.4. The van der Waals surface area contributed by atoms with Crippen LogP contribution < -0.4 is 10.1 Å². The van der Waals surface area contributed by atoms with Crippen LogP contribution in [0.25, 0.3) is 6.08 Å². The summed E-state index contributed by atoms with van der Waals surface area (Å²) in [6.07, 6.45) is 1.49. The van der Waals surface area contributed by atoms with Gasteiger partial charge in [0.05, 0.1) is 0 Å². The average Bonchev–Trinajstić information content (AvgIpc) is 2.74. The number of ether oxygens (including phenoxy) is 1. The first-order valence-electron chi connectivity index (χ1n) is 9.11. The summed E-state index contributed by atoms with van der Waals surface area (Å²) in [6.45, 7) is 2.07. The molecule has 0 radical (unpaired) electrons. The number of benzene rings is 3. The normalized spacial score (nSPS) is 10.9. The highest BCUT2D eigenvalue weighted by atomic mass is 35.5. The monoisotopic (exact) mass is 420 g/mol. The van der Waals surface area contributed by atoms with Crippen LogP contribution in [0.2, 0.25) is 5.02 Å². The van der Waals surface area contributed by atoms with Gasteiger partial charge >= 0.3 is 0 Å². The average molecular weight is 421 g/mol. The molecule has 4 nitrogen and oxygen atoms in total. The molecule has 150 valence electrons. The minimum Gasteiger partial charge on any atom is -0.489 e. The number of halogens is 2. The highest BCUT2D eigenvalue weighted by molar-refractivity contribution is 6.31. The smallest absolute Gasteiger partial charge is 0.266 e. The van der Waals surface area contributed by atoms with Crippen molar-refractivity contribution in [1.29, 1.82) is 5.26 Å². The summed E-state index contributed by atoms with van der Waals surface area (Å²) in [5.41, 5.74) is 2.74. The molecular formula is C24H18ClFN2O2. The van der Waals surface area contributed by atoms with E-state index in [9.17, 15) is 14.4 Å². The predicted octanol–water partition coefficient (Wildman–Crippen LogP) is 5.91. The van der Waals surface area contributed by atoms with Crippen LogP contribution in [0, 0.1) is 24.1 Å². The zero-order valence-electron chi connectivity index (χ0n) is 16.2. The lowest BCUT2D eigenvalue weighted by molar-refractivity contribution is -0.112. The van der Waals surface area contributed by atoms with Gasteiger partial charge in [-0.05, 0) is 66.1 Å². The second kappa shape index (κ2) is 9.73. The summed E-state index contributed by atoms with van der Waals surface area (Å²) in [5.74, 6) is -0.241. The number of hydrogen-bond donors (Lipinski definition) is 1. The number of amides is 1. The molecular weight excluding hydrogens is 403 g/mol. The fourth-order valence-corrected chi connectivity index (χ4v) is 2.86. The molecule has 30 heavy (non-hydrogen) atoms. The Bertz CT molecular complexity index is 1130. The Labute approximate surface area is 179 Å². The molecule has 0 aliphatic rings. The van der Waals surface area contributed by atoms with Gasteiger partial charge in [0.1, 0.15) is 29.8 Å². The van der Waals surface area contributed by atoms with Crippen molar-refractivity contribution < 1.29 is 13.9 Å². The Morgan fingerprint density at radius 2 is 1.93 bits per heavy atom. The summed E-state index contributed by atoms with van der Waals surface area (Å²) in [5, 5.41) is 12.6. The van der Waals surface area contributed by atoms with Crippen molar-refractivity contribution in [2.75, 3.05) is 5.32 Å². The van der Waals surface area contributed by atoms with Gasteiger partial charge in [-0.3, -0.25) is 4.79 Å². The standard InChI is InChI=1S/C24H18ClFN2O2/c1-16-5-8-20(25)13-23(16)28-24(29)19(14-27)11-17-6-9-22(10-7-17)30-15-18-3-2-4-21(26)12-18/h2-13H,15H2,1H3,(H,28,29)/b19-11+. The van der Waals surface area contributed by atoms with Crippen LogP contribution in [0.5, 0.6) is 5.75 Å². The van der Waals surface area contributed by atoms with Crippen LogP contribution in [-0.2, 0) is 11.4 Å². The molecule has 0 aromatic heterocycles. The third-order valence-corrected chi connectivity index (χ3v) is 4.53. The predicted molar refractivity (Wildman–Crippen MR) is 116 cm³/mol. The zero-order chi connectivity index (χ0) is 21.5. The molecule has 0 spiro atoms. The molecule has 0 bridgehead atoms. The molecule has 0 unspecified atom stereocenters. The summed E-state index contributed by atoms with van der Waals surface area (Å²) in [7, 11) is 0. The molecule has 0 saturated heterocycles. The number of nitrogens with zero attached hydrogens (tertiary/aromatic N) is 1. The van der Waals surface area contributed by atoms with Crippen molar-refractivity contribution in [2.45, 2.75) is 13.5 Å². The molecule has 1 N–H and O–H groups in total. The summed E-state index contributed by atoms with van der Waals surface area (Å²) >= 11 is 5.97. The minimum atomic E-state index is -0.519. The van der Waals surface area contributed by atoms with Gasteiger partial charge in [0.25, 0.3) is 5.91 Å². The van der Waals surface area contributed by atoms with E-state index in [-0.39, 0.29) is 18.0 Å². The summed E-state index contributed by atoms with van der Waals surface area (Å²) in [4.78, 5) is 12.5. The lowest BCUT2D eigenvalue weighted by Gasteiger charge is -2.09. The molecule has 3 aromatic rings. The maximum absolute atomic E-state index is 13.2. The van der Waals surface area contributed by atoms with E-state index in [2.05, 4.69) is 5.32 Å². The van der Waals surface area contributed by atoms with Gasteiger partial charge in [0.2, 0.25) is 0 Å². The molecule has 0 aliphatic carbocycles. The molecule has 3 aromatic carbocycles. The van der Waals surface area contributed by atoms with Gasteiger partial charge < -0.3 is 10.1 Å². The Morgan fingerprint density at radius 3 is 2.63 bits per heavy atom. The van der Waals surface area contributed by atoms with Crippen LogP contribution in [0.1, 0.15) is 16.7 Å². The Morgan fingerprint density at radius 1 is 1.17 bits per heavy atom. The van der Waals surface area contributed by atoms with Gasteiger partial charge in [-0.2, -0.15) is 5.26 Å². The lowest BCUT2D eigenvalue weighted by atomic mass is 10.1. The topological polar surface area (TPSA) is 62.1 Å². The number of aryl methyl sites for hydroxylation is 1. The first-order valence-corrected chi connectivity index (χ1v) is 9.49. The van der Waals surface area contributed by atoms with Crippen LogP contribution in [0.4, 0.5) is 10.1 Å². The molecule has 0 fully saturated rings. The second-order valence-corrected chi connectivity index (χ2v) is 7.01. The summed E-state index contributed by atoms with van der Waals surface area (Å²) < 4.78 is 18.9. The first kappa shape index (κ1) is 21.1. The molecule has 0 heterocycles. The van der Waals surface area contributed by atoms with E-state index in [1.54, 1.807) is 54.6 Å².